The van der Waals surface area contributed by atoms with Crippen LogP contribution in [0.1, 0.15) is 5.56 Å². The minimum Gasteiger partial charge on any atom is -0.279 e. The lowest BCUT2D eigenvalue weighted by atomic mass is 10.2. The van der Waals surface area contributed by atoms with Crippen LogP contribution in [0.4, 0.5) is 10.1 Å². The zero-order valence-electron chi connectivity index (χ0n) is 10.2. The van der Waals surface area contributed by atoms with Crippen LogP contribution in [-0.2, 0) is 10.0 Å². The first kappa shape index (κ1) is 15.2. The Labute approximate surface area is 129 Å². The third kappa shape index (κ3) is 3.11. The third-order valence-electron chi connectivity index (χ3n) is 2.54. The van der Waals surface area contributed by atoms with E-state index in [2.05, 4.69) is 25.6 Å². The highest BCUT2D eigenvalue weighted by atomic mass is 79.9. The van der Waals surface area contributed by atoms with Crippen LogP contribution in [0.15, 0.2) is 40.0 Å². The van der Waals surface area contributed by atoms with E-state index in [1.165, 1.54) is 24.4 Å². The second kappa shape index (κ2) is 5.67. The largest absolute Gasteiger partial charge is 0.279 e. The van der Waals surface area contributed by atoms with Gasteiger partial charge in [0.15, 0.2) is 0 Å². The number of halogens is 3. The van der Waals surface area contributed by atoms with Gasteiger partial charge in [0.05, 0.1) is 15.2 Å². The van der Waals surface area contributed by atoms with E-state index in [9.17, 15) is 12.8 Å². The molecule has 0 aliphatic carbocycles. The molecule has 0 saturated carbocycles. The van der Waals surface area contributed by atoms with Crippen LogP contribution in [-0.4, -0.2) is 13.4 Å². The van der Waals surface area contributed by atoms with Gasteiger partial charge >= 0.3 is 0 Å². The number of hydrogen-bond acceptors (Lipinski definition) is 3. The van der Waals surface area contributed by atoms with Crippen molar-refractivity contribution in [2.24, 2.45) is 0 Å². The van der Waals surface area contributed by atoms with Crippen LogP contribution in [0.2, 0.25) is 5.02 Å². The highest BCUT2D eigenvalue weighted by molar-refractivity contribution is 9.10. The molecule has 0 fully saturated rings. The molecule has 0 saturated heterocycles. The first-order valence-electron chi connectivity index (χ1n) is 5.39. The molecule has 0 atom stereocenters. The van der Waals surface area contributed by atoms with Gasteiger partial charge in [-0.1, -0.05) is 11.6 Å². The lowest BCUT2D eigenvalue weighted by Crippen LogP contribution is -2.14. The number of aromatic nitrogens is 1. The van der Waals surface area contributed by atoms with Gasteiger partial charge in [-0.2, -0.15) is 0 Å². The lowest BCUT2D eigenvalue weighted by molar-refractivity contribution is 0.600. The average molecular weight is 380 g/mol. The first-order chi connectivity index (χ1) is 9.31. The summed E-state index contributed by atoms with van der Waals surface area (Å²) in [6, 6.07) is 3.96. The van der Waals surface area contributed by atoms with Crippen molar-refractivity contribution in [3.63, 3.8) is 0 Å². The van der Waals surface area contributed by atoms with Gasteiger partial charge in [0.25, 0.3) is 10.0 Å². The molecule has 8 heteroatoms. The van der Waals surface area contributed by atoms with Crippen LogP contribution in [0, 0.1) is 12.7 Å². The molecule has 0 bridgehead atoms. The van der Waals surface area contributed by atoms with E-state index in [0.717, 1.165) is 6.20 Å². The SMILES string of the molecule is Cc1cc(F)c(Br)cc1NS(=O)(=O)c1cnccc1Cl. The van der Waals surface area contributed by atoms with Crippen molar-refractivity contribution in [1.29, 1.82) is 0 Å². The summed E-state index contributed by atoms with van der Waals surface area (Å²) in [6.07, 6.45) is 2.54. The molecule has 106 valence electrons. The summed E-state index contributed by atoms with van der Waals surface area (Å²) in [4.78, 5) is 3.60. The normalized spacial score (nSPS) is 11.4. The second-order valence-electron chi connectivity index (χ2n) is 3.99. The van der Waals surface area contributed by atoms with Crippen LogP contribution in [0.3, 0.4) is 0 Å². The number of nitrogens with zero attached hydrogens (tertiary/aromatic N) is 1. The van der Waals surface area contributed by atoms with E-state index in [1.54, 1.807) is 6.92 Å². The predicted octanol–water partition coefficient (Wildman–Crippen LogP) is 3.75. The Kier molecular flexibility index (Phi) is 4.31. The van der Waals surface area contributed by atoms with E-state index in [4.69, 9.17) is 11.6 Å². The van der Waals surface area contributed by atoms with Gasteiger partial charge in [-0.25, -0.2) is 12.8 Å². The van der Waals surface area contributed by atoms with Gasteiger partial charge in [0, 0.05) is 12.4 Å². The van der Waals surface area contributed by atoms with Crippen molar-refractivity contribution in [2.45, 2.75) is 11.8 Å². The second-order valence-corrected chi connectivity index (χ2v) is 6.91. The lowest BCUT2D eigenvalue weighted by Gasteiger charge is -2.12. The number of pyridine rings is 1. The van der Waals surface area contributed by atoms with Crippen LogP contribution < -0.4 is 4.72 Å². The smallest absolute Gasteiger partial charge is 0.264 e. The van der Waals surface area contributed by atoms with Crippen molar-refractivity contribution in [3.05, 3.63) is 51.5 Å². The Balaban J connectivity index is 2.44. The van der Waals surface area contributed by atoms with Gasteiger partial charge in [-0.15, -0.1) is 0 Å². The molecule has 2 aromatic rings. The fourth-order valence-electron chi connectivity index (χ4n) is 1.52. The summed E-state index contributed by atoms with van der Waals surface area (Å²) in [7, 11) is -3.88. The molecular weight excluding hydrogens is 371 g/mol. The maximum Gasteiger partial charge on any atom is 0.264 e. The Morgan fingerprint density at radius 2 is 2.10 bits per heavy atom. The Hall–Kier alpha value is -1.18. The van der Waals surface area contributed by atoms with Gasteiger partial charge in [-0.05, 0) is 46.6 Å². The standard InChI is InChI=1S/C12H9BrClFN2O2S/c1-7-4-10(15)8(13)5-11(7)17-20(18,19)12-6-16-3-2-9(12)14/h2-6,17H,1H3. The molecule has 1 heterocycles. The molecule has 0 amide bonds. The number of sulfonamides is 1. The molecule has 1 aromatic heterocycles. The Bertz CT molecular complexity index is 768. The Morgan fingerprint density at radius 3 is 2.75 bits per heavy atom. The molecule has 2 rings (SSSR count). The van der Waals surface area contributed by atoms with E-state index >= 15 is 0 Å². The molecular formula is C12H9BrClFN2O2S. The van der Waals surface area contributed by atoms with Crippen molar-refractivity contribution < 1.29 is 12.8 Å². The fourth-order valence-corrected chi connectivity index (χ4v) is 3.41. The molecule has 1 N–H and O–H groups in total. The molecule has 20 heavy (non-hydrogen) atoms. The molecule has 0 aliphatic rings. The van der Waals surface area contributed by atoms with Crippen LogP contribution >= 0.6 is 27.5 Å². The van der Waals surface area contributed by atoms with Crippen molar-refractivity contribution in [1.82, 2.24) is 4.98 Å². The van der Waals surface area contributed by atoms with Gasteiger partial charge < -0.3 is 0 Å². The molecule has 0 aliphatic heterocycles. The first-order valence-corrected chi connectivity index (χ1v) is 8.04. The number of benzene rings is 1. The summed E-state index contributed by atoms with van der Waals surface area (Å²) in [5.41, 5.74) is 0.715. The third-order valence-corrected chi connectivity index (χ3v) is 4.98. The number of anilines is 1. The fraction of sp³-hybridized carbons (Fsp3) is 0.0833. The average Bonchev–Trinajstić information content (AvgIpc) is 2.36. The van der Waals surface area contributed by atoms with Crippen molar-refractivity contribution in [3.8, 4) is 0 Å². The minimum atomic E-state index is -3.88. The molecule has 0 unspecified atom stereocenters. The monoisotopic (exact) mass is 378 g/mol. The number of aryl methyl sites for hydroxylation is 1. The number of rotatable bonds is 3. The number of hydrogen-bond donors (Lipinski definition) is 1. The zero-order chi connectivity index (χ0) is 14.9. The van der Waals surface area contributed by atoms with Gasteiger partial charge in [0.1, 0.15) is 10.7 Å². The summed E-state index contributed by atoms with van der Waals surface area (Å²) in [5, 5.41) is 0.0614. The maximum absolute atomic E-state index is 13.3. The molecule has 1 aromatic carbocycles. The highest BCUT2D eigenvalue weighted by Crippen LogP contribution is 2.28. The highest BCUT2D eigenvalue weighted by Gasteiger charge is 2.19. The molecule has 0 spiro atoms. The van der Waals surface area contributed by atoms with Gasteiger partial charge in [0.2, 0.25) is 0 Å². The van der Waals surface area contributed by atoms with E-state index < -0.39 is 15.8 Å². The van der Waals surface area contributed by atoms with Gasteiger partial charge in [-0.3, -0.25) is 9.71 Å². The summed E-state index contributed by atoms with van der Waals surface area (Å²) < 4.78 is 40.3. The Morgan fingerprint density at radius 1 is 1.40 bits per heavy atom. The topological polar surface area (TPSA) is 59.1 Å². The maximum atomic E-state index is 13.3. The van der Waals surface area contributed by atoms with Crippen LogP contribution in [0.25, 0.3) is 0 Å². The zero-order valence-corrected chi connectivity index (χ0v) is 13.4. The van der Waals surface area contributed by atoms with E-state index in [0.29, 0.717) is 5.56 Å². The van der Waals surface area contributed by atoms with E-state index in [-0.39, 0.29) is 20.1 Å². The molecule has 0 radical (unpaired) electrons. The van der Waals surface area contributed by atoms with E-state index in [1.807, 2.05) is 0 Å². The van der Waals surface area contributed by atoms with Crippen LogP contribution in [0.5, 0.6) is 0 Å². The quantitative estimate of drug-likeness (QED) is 0.883. The number of nitrogens with one attached hydrogen (secondary N) is 1. The van der Waals surface area contributed by atoms with Crippen molar-refractivity contribution >= 4 is 43.2 Å². The predicted molar refractivity (Wildman–Crippen MR) is 78.9 cm³/mol. The summed E-state index contributed by atoms with van der Waals surface area (Å²) >= 11 is 8.85. The summed E-state index contributed by atoms with van der Waals surface area (Å²) in [5.74, 6) is -0.468. The minimum absolute atomic E-state index is 0.0614. The summed E-state index contributed by atoms with van der Waals surface area (Å²) in [6.45, 7) is 1.60. The van der Waals surface area contributed by atoms with Crippen molar-refractivity contribution in [2.75, 3.05) is 4.72 Å². The molecule has 4 nitrogen and oxygen atoms in total.